The van der Waals surface area contributed by atoms with Crippen LogP contribution in [-0.2, 0) is 21.1 Å². The molecule has 15 aromatic heterocycles. The first-order valence-electron chi connectivity index (χ1n) is 37.1. The lowest BCUT2D eigenvalue weighted by Gasteiger charge is -2.10. The van der Waals surface area contributed by atoms with Crippen LogP contribution in [0.4, 0.5) is 29.1 Å². The Morgan fingerprint density at radius 3 is 1.29 bits per heavy atom. The summed E-state index contributed by atoms with van der Waals surface area (Å²) < 4.78 is 6.91. The Bertz CT molecular complexity index is 7590. The molecule has 0 amide bonds. The number of para-hydroxylation sites is 1. The molecule has 0 saturated heterocycles. The monoisotopic (exact) mass is 1680 g/mol. The van der Waals surface area contributed by atoms with Crippen LogP contribution in [0.5, 0.6) is 0 Å². The summed E-state index contributed by atoms with van der Waals surface area (Å²) in [6.07, 6.45) is 31.6. The predicted octanol–water partition coefficient (Wildman–Crippen LogP) is 13.8. The molecule has 11 N–H and O–H groups in total. The first-order valence-corrected chi connectivity index (χ1v) is 38.3. The van der Waals surface area contributed by atoms with Gasteiger partial charge < -0.3 is 28.7 Å². The first-order chi connectivity index (χ1) is 59.9. The number of hydrogen-bond donors (Lipinski definition) is 6. The molecule has 15 heterocycles. The number of nitrogens with zero attached hydrogens (tertiary/aromatic N) is 28. The molecule has 0 radical (unpaired) electrons. The summed E-state index contributed by atoms with van der Waals surface area (Å²) in [7, 11) is 5.51. The lowest BCUT2D eigenvalue weighted by atomic mass is 10.0. The summed E-state index contributed by atoms with van der Waals surface area (Å²) >= 11 is 19.2. The smallest absolute Gasteiger partial charge is 0.375 e. The van der Waals surface area contributed by atoms with Crippen LogP contribution in [0, 0.1) is 11.3 Å². The topological polar surface area (TPSA) is 485 Å². The van der Waals surface area contributed by atoms with E-state index in [0.29, 0.717) is 112 Å². The third-order valence-corrected chi connectivity index (χ3v) is 19.7. The summed E-state index contributed by atoms with van der Waals surface area (Å²) in [5.41, 5.74) is 46.5. The molecule has 123 heavy (non-hydrogen) atoms. The molecule has 0 saturated carbocycles. The number of pyridine rings is 2. The van der Waals surface area contributed by atoms with Gasteiger partial charge in [0, 0.05) is 143 Å². The minimum atomic E-state index is 0.0797. The summed E-state index contributed by atoms with van der Waals surface area (Å²) in [5, 5.41) is 32.9. The van der Waals surface area contributed by atoms with Crippen molar-refractivity contribution in [3.05, 3.63) is 278 Å². The number of nitriles is 1. The van der Waals surface area contributed by atoms with Crippen LogP contribution in [0.1, 0.15) is 5.69 Å². The highest BCUT2D eigenvalue weighted by molar-refractivity contribution is 6.36. The number of aromatic nitrogens is 28. The Balaban J connectivity index is 0.000000109. The molecule has 21 rings (SSSR count). The molecule has 0 aliphatic rings. The Hall–Kier alpha value is -16.9. The molecule has 0 spiro atoms. The van der Waals surface area contributed by atoms with Gasteiger partial charge in [-0.2, -0.15) is 20.6 Å². The zero-order valence-corrected chi connectivity index (χ0v) is 67.1. The van der Waals surface area contributed by atoms with Gasteiger partial charge in [0.1, 0.15) is 94.3 Å². The zero-order valence-electron chi connectivity index (χ0n) is 64.8. The summed E-state index contributed by atoms with van der Waals surface area (Å²) in [4.78, 5) is 86.2. The zero-order chi connectivity index (χ0) is 84.8. The summed E-state index contributed by atoms with van der Waals surface area (Å²) in [6.45, 7) is 0. The van der Waals surface area contributed by atoms with E-state index in [4.69, 9.17) is 63.5 Å². The first kappa shape index (κ1) is 78.6. The van der Waals surface area contributed by atoms with E-state index in [-0.39, 0.29) is 11.5 Å². The average molecular weight is 1680 g/mol. The van der Waals surface area contributed by atoms with Gasteiger partial charge in [-0.15, -0.1) is 4.68 Å². The Labute approximate surface area is 711 Å². The van der Waals surface area contributed by atoms with Crippen LogP contribution in [0.15, 0.2) is 258 Å². The summed E-state index contributed by atoms with van der Waals surface area (Å²) in [5.74, 6) is 2.02. The minimum Gasteiger partial charge on any atom is -0.382 e. The maximum atomic E-state index is 9.25. The fraction of sp³-hybridized carbons (Fsp3) is 0.0349. The van der Waals surface area contributed by atoms with Crippen molar-refractivity contribution >= 4 is 129 Å². The van der Waals surface area contributed by atoms with Crippen molar-refractivity contribution in [2.45, 2.75) is 0 Å². The van der Waals surface area contributed by atoms with E-state index >= 15 is 0 Å². The van der Waals surface area contributed by atoms with E-state index < -0.39 is 0 Å². The Morgan fingerprint density at radius 1 is 0.350 bits per heavy atom. The van der Waals surface area contributed by atoms with Crippen LogP contribution in [0.25, 0.3) is 173 Å². The van der Waals surface area contributed by atoms with E-state index in [1.54, 1.807) is 76.0 Å². The Morgan fingerprint density at radius 2 is 0.789 bits per heavy atom. The van der Waals surface area contributed by atoms with Crippen LogP contribution < -0.4 is 33.4 Å². The van der Waals surface area contributed by atoms with Crippen molar-refractivity contribution in [3.63, 3.8) is 0 Å². The molecular weight excluding hydrogens is 1620 g/mol. The number of aryl methyl sites for hydroxylation is 3. The van der Waals surface area contributed by atoms with Gasteiger partial charge in [-0.05, 0) is 108 Å². The third kappa shape index (κ3) is 17.0. The molecule has 0 unspecified atom stereocenters. The second kappa shape index (κ2) is 34.3. The molecule has 6 aromatic carbocycles. The number of hydrogen-bond acceptors (Lipinski definition) is 29. The van der Waals surface area contributed by atoms with Crippen molar-refractivity contribution in [2.24, 2.45) is 21.1 Å². The molecule has 0 atom stereocenters. The van der Waals surface area contributed by atoms with E-state index in [9.17, 15) is 5.26 Å². The second-order valence-corrected chi connectivity index (χ2v) is 28.4. The number of halogens is 3. The summed E-state index contributed by atoms with van der Waals surface area (Å²) in [6, 6.07) is 46.1. The van der Waals surface area contributed by atoms with Gasteiger partial charge in [-0.1, -0.05) is 71.2 Å². The predicted molar refractivity (Wildman–Crippen MR) is 470 cm³/mol. The molecule has 0 bridgehead atoms. The van der Waals surface area contributed by atoms with Gasteiger partial charge in [0.2, 0.25) is 0 Å². The highest BCUT2D eigenvalue weighted by Crippen LogP contribution is 2.38. The molecule has 21 aromatic rings. The second-order valence-electron chi connectivity index (χ2n) is 27.2. The quantitative estimate of drug-likeness (QED) is 0.0693. The minimum absolute atomic E-state index is 0.0797. The van der Waals surface area contributed by atoms with Gasteiger partial charge in [0.05, 0.1) is 102 Å². The van der Waals surface area contributed by atoms with Crippen molar-refractivity contribution in [1.29, 1.82) is 5.26 Å². The Kier molecular flexibility index (Phi) is 22.0. The number of rotatable bonds is 10. The third-order valence-electron chi connectivity index (χ3n) is 18.8. The van der Waals surface area contributed by atoms with E-state index in [1.807, 2.05) is 196 Å². The van der Waals surface area contributed by atoms with E-state index in [1.165, 1.54) is 31.4 Å². The maximum absolute atomic E-state index is 9.25. The number of anilines is 5. The number of nitrogens with two attached hydrogens (primary N) is 5. The molecule has 0 aliphatic carbocycles. The van der Waals surface area contributed by atoms with Crippen molar-refractivity contribution < 1.29 is 4.68 Å². The van der Waals surface area contributed by atoms with E-state index in [2.05, 4.69) is 120 Å². The molecular formula is C86H62Cl3N34+. The van der Waals surface area contributed by atoms with Crippen molar-refractivity contribution in [3.8, 4) is 114 Å². The number of H-pyrrole nitrogens is 1. The number of fused-ring (bicyclic) bond motifs is 6. The van der Waals surface area contributed by atoms with Crippen molar-refractivity contribution in [2.75, 3.05) is 28.7 Å². The lowest BCUT2D eigenvalue weighted by Crippen LogP contribution is -2.34. The van der Waals surface area contributed by atoms with Gasteiger partial charge >= 0.3 is 5.82 Å². The van der Waals surface area contributed by atoms with Crippen molar-refractivity contribution in [1.82, 2.24) is 134 Å². The standard InChI is InChI=1S/C20H13ClN6.C17H11ClN6.C17H12N8.C16H12ClN7.C16H13N7/c21-15-9-14(8-12-5-3-7-23-18(12)15)19-20(25-17(22)10-24-19)27-11-13-4-1-2-6-16(13)26-27;18-12-7-11(6-10-2-1-3-22-15(10)12)16-17(24-14(19)9-23-16)13-8-20-4-5-21-13;1-25-5-4-13(24-25)16-15(22-14(7-18)17(19)23-16)10-2-3-12-11(6-10)8-20-9-21-12;1-24-3-2-12(23-24)16-15(20-7-13(18)22-16)9-4-10-6-19-8-21-14(10)11(17)5-9;1-23-5-4-13(22-23)16-15(19-8-14(17)21-16)10-2-3-12-11(6-10)7-18-9-20-12/h1-11H,(H2,22,25);1-9H,(H2,19,24);2-6,8-9H,1H3,(H2,19,23);2-8H,1H3,(H2,18,22);2-9H,1H3,(H2,17,21)/p+1. The van der Waals surface area contributed by atoms with Gasteiger partial charge in [-0.25, -0.2) is 64.9 Å². The fourth-order valence-electron chi connectivity index (χ4n) is 13.3. The SMILES string of the molecule is Cn1ccc(-c2nc(N)c(C#N)nc2-c2ccc3ncncc3c2)n1.Cn1ccc(-c2nc(N)cnc2-c2cc(Cl)c3ncncc3c2)n1.Cn1ccc(-c2nc(N)cnc2-c2ccc3ncncc3c2)n1.Nc1cnc(-c2cc(Cl)c3ncccc3c2)c(-[n+]2cc3ccccc3[nH]2)n1.Nc1cnc(-c2cc(Cl)c3ncccc3c2)c(-c2cnccn2)n1. The fourth-order valence-corrected chi connectivity index (χ4v) is 14.1. The highest BCUT2D eigenvalue weighted by Gasteiger charge is 2.25. The largest absolute Gasteiger partial charge is 0.382 e. The number of benzene rings is 6. The average Bonchev–Trinajstić information content (AvgIpc) is 1.77. The van der Waals surface area contributed by atoms with Gasteiger partial charge in [0.25, 0.3) is 5.82 Å². The number of nitrogen functional groups attached to an aromatic ring is 5. The van der Waals surface area contributed by atoms with Crippen LogP contribution in [0.2, 0.25) is 15.1 Å². The molecule has 37 heteroatoms. The van der Waals surface area contributed by atoms with Crippen LogP contribution in [0.3, 0.4) is 0 Å². The molecule has 596 valence electrons. The van der Waals surface area contributed by atoms with Gasteiger partial charge in [0.15, 0.2) is 17.2 Å². The molecule has 34 nitrogen and oxygen atoms in total. The number of aromatic amines is 1. The normalized spacial score (nSPS) is 11.0. The lowest BCUT2D eigenvalue weighted by molar-refractivity contribution is -0.656. The molecule has 0 aliphatic heterocycles. The van der Waals surface area contributed by atoms with Gasteiger partial charge in [-0.3, -0.25) is 48.9 Å². The maximum Gasteiger partial charge on any atom is 0.375 e. The van der Waals surface area contributed by atoms with Crippen LogP contribution >= 0.6 is 34.8 Å². The van der Waals surface area contributed by atoms with E-state index in [0.717, 1.165) is 99.1 Å². The van der Waals surface area contributed by atoms with Crippen LogP contribution in [-0.4, -0.2) is 134 Å². The number of nitrogens with one attached hydrogen (secondary N) is 1. The highest BCUT2D eigenvalue weighted by atomic mass is 35.5. The molecule has 0 fully saturated rings.